The third kappa shape index (κ3) is 2.51. The van der Waals surface area contributed by atoms with Crippen molar-refractivity contribution in [3.63, 3.8) is 0 Å². The SMILES string of the molecule is O=C=NC1(CCc2ccc(F)cc2)CC1. The predicted octanol–water partition coefficient (Wildman–Crippen LogP) is 2.63. The number of hydrogen-bond acceptors (Lipinski definition) is 2. The summed E-state index contributed by atoms with van der Waals surface area (Å²) in [6.45, 7) is 0. The zero-order valence-electron chi connectivity index (χ0n) is 8.37. The summed E-state index contributed by atoms with van der Waals surface area (Å²) in [6, 6.07) is 6.46. The molecule has 3 heteroatoms. The highest BCUT2D eigenvalue weighted by Crippen LogP contribution is 2.43. The van der Waals surface area contributed by atoms with Gasteiger partial charge in [0.05, 0.1) is 5.54 Å². The lowest BCUT2D eigenvalue weighted by molar-refractivity contribution is 0.546. The molecule has 0 radical (unpaired) electrons. The van der Waals surface area contributed by atoms with Crippen molar-refractivity contribution < 1.29 is 9.18 Å². The number of aryl methyl sites for hydroxylation is 1. The molecule has 1 aliphatic rings. The third-order valence-electron chi connectivity index (χ3n) is 2.90. The van der Waals surface area contributed by atoms with E-state index >= 15 is 0 Å². The van der Waals surface area contributed by atoms with Gasteiger partial charge in [0.25, 0.3) is 0 Å². The molecule has 1 fully saturated rings. The van der Waals surface area contributed by atoms with Gasteiger partial charge in [0.1, 0.15) is 5.82 Å². The molecule has 0 aliphatic heterocycles. The first-order valence-electron chi connectivity index (χ1n) is 5.08. The summed E-state index contributed by atoms with van der Waals surface area (Å²) in [5.74, 6) is -0.217. The van der Waals surface area contributed by atoms with Crippen LogP contribution >= 0.6 is 0 Å². The summed E-state index contributed by atoms with van der Waals surface area (Å²) < 4.78 is 12.6. The molecular formula is C12H12FNO. The molecule has 2 rings (SSSR count). The molecule has 0 aromatic heterocycles. The Kier molecular flexibility index (Phi) is 2.65. The molecule has 0 unspecified atom stereocenters. The van der Waals surface area contributed by atoms with Crippen molar-refractivity contribution in [2.45, 2.75) is 31.2 Å². The van der Waals surface area contributed by atoms with Gasteiger partial charge >= 0.3 is 0 Å². The molecule has 0 N–H and O–H groups in total. The first-order valence-corrected chi connectivity index (χ1v) is 5.08. The van der Waals surface area contributed by atoms with Crippen molar-refractivity contribution in [1.29, 1.82) is 0 Å². The number of hydrogen-bond donors (Lipinski definition) is 0. The highest BCUT2D eigenvalue weighted by Gasteiger charge is 2.42. The molecule has 1 saturated carbocycles. The van der Waals surface area contributed by atoms with Crippen molar-refractivity contribution in [3.8, 4) is 0 Å². The minimum absolute atomic E-state index is 0.143. The number of nitrogens with zero attached hydrogens (tertiary/aromatic N) is 1. The van der Waals surface area contributed by atoms with Gasteiger partial charge in [-0.1, -0.05) is 12.1 Å². The van der Waals surface area contributed by atoms with Gasteiger partial charge in [0.15, 0.2) is 0 Å². The molecule has 1 aromatic carbocycles. The molecule has 2 nitrogen and oxygen atoms in total. The number of rotatable bonds is 4. The molecule has 1 aromatic rings. The van der Waals surface area contributed by atoms with E-state index in [4.69, 9.17) is 0 Å². The first kappa shape index (κ1) is 10.1. The van der Waals surface area contributed by atoms with E-state index < -0.39 is 0 Å². The van der Waals surface area contributed by atoms with Crippen LogP contribution in [0, 0.1) is 5.82 Å². The predicted molar refractivity (Wildman–Crippen MR) is 54.8 cm³/mol. The second kappa shape index (κ2) is 3.95. The highest BCUT2D eigenvalue weighted by atomic mass is 19.1. The minimum Gasteiger partial charge on any atom is -0.211 e. The summed E-state index contributed by atoms with van der Waals surface area (Å²) >= 11 is 0. The summed E-state index contributed by atoms with van der Waals surface area (Å²) in [7, 11) is 0. The Morgan fingerprint density at radius 1 is 1.33 bits per heavy atom. The number of carbonyl (C=O) groups excluding carboxylic acids is 1. The Hall–Kier alpha value is -1.47. The van der Waals surface area contributed by atoms with E-state index in [2.05, 4.69) is 4.99 Å². The Balaban J connectivity index is 1.93. The molecule has 0 bridgehead atoms. The van der Waals surface area contributed by atoms with Gasteiger partial charge in [-0.15, -0.1) is 0 Å². The van der Waals surface area contributed by atoms with Crippen LogP contribution in [-0.4, -0.2) is 11.6 Å². The third-order valence-corrected chi connectivity index (χ3v) is 2.90. The first-order chi connectivity index (χ1) is 7.24. The van der Waals surface area contributed by atoms with E-state index in [0.717, 1.165) is 31.2 Å². The number of aliphatic imine (C=N–C) groups is 1. The molecule has 0 saturated heterocycles. The van der Waals surface area contributed by atoms with Gasteiger partial charge in [-0.2, -0.15) is 4.99 Å². The van der Waals surface area contributed by atoms with Crippen LogP contribution in [-0.2, 0) is 11.2 Å². The maximum Gasteiger partial charge on any atom is 0.235 e. The zero-order valence-corrected chi connectivity index (χ0v) is 8.37. The lowest BCUT2D eigenvalue weighted by Gasteiger charge is -2.06. The Labute approximate surface area is 87.8 Å². The average Bonchev–Trinajstić information content (AvgIpc) is 2.99. The van der Waals surface area contributed by atoms with E-state index in [1.165, 1.54) is 12.1 Å². The van der Waals surface area contributed by atoms with Crippen LogP contribution in [0.25, 0.3) is 0 Å². The van der Waals surface area contributed by atoms with Gasteiger partial charge < -0.3 is 0 Å². The maximum absolute atomic E-state index is 12.6. The number of halogens is 1. The smallest absolute Gasteiger partial charge is 0.211 e. The van der Waals surface area contributed by atoms with Gasteiger partial charge in [0.2, 0.25) is 6.08 Å². The van der Waals surface area contributed by atoms with Crippen molar-refractivity contribution in [2.24, 2.45) is 4.99 Å². The largest absolute Gasteiger partial charge is 0.235 e. The normalized spacial score (nSPS) is 16.9. The van der Waals surface area contributed by atoms with Crippen molar-refractivity contribution >= 4 is 6.08 Å². The van der Waals surface area contributed by atoms with Crippen LogP contribution in [0.4, 0.5) is 4.39 Å². The van der Waals surface area contributed by atoms with Gasteiger partial charge in [-0.25, -0.2) is 9.18 Å². The second-order valence-corrected chi connectivity index (χ2v) is 4.05. The van der Waals surface area contributed by atoms with Crippen LogP contribution in [0.5, 0.6) is 0 Å². The van der Waals surface area contributed by atoms with Crippen molar-refractivity contribution in [1.82, 2.24) is 0 Å². The molecule has 15 heavy (non-hydrogen) atoms. The topological polar surface area (TPSA) is 29.4 Å². The van der Waals surface area contributed by atoms with Crippen LogP contribution in [0.15, 0.2) is 29.3 Å². The summed E-state index contributed by atoms with van der Waals surface area (Å²) in [4.78, 5) is 14.0. The van der Waals surface area contributed by atoms with Crippen molar-refractivity contribution in [3.05, 3.63) is 35.6 Å². The van der Waals surface area contributed by atoms with E-state index in [1.807, 2.05) is 0 Å². The standard InChI is InChI=1S/C12H12FNO/c13-11-3-1-10(2-4-11)5-6-12(7-8-12)14-9-15/h1-4H,5-8H2. The van der Waals surface area contributed by atoms with Gasteiger partial charge in [0, 0.05) is 0 Å². The summed E-state index contributed by atoms with van der Waals surface area (Å²) in [6.07, 6.45) is 5.28. The number of benzene rings is 1. The van der Waals surface area contributed by atoms with Crippen LogP contribution in [0.2, 0.25) is 0 Å². The fourth-order valence-corrected chi connectivity index (χ4v) is 1.69. The van der Waals surface area contributed by atoms with Crippen molar-refractivity contribution in [2.75, 3.05) is 0 Å². The Morgan fingerprint density at radius 2 is 2.00 bits per heavy atom. The number of isocyanates is 1. The summed E-state index contributed by atoms with van der Waals surface area (Å²) in [5, 5.41) is 0. The van der Waals surface area contributed by atoms with Crippen LogP contribution in [0.3, 0.4) is 0 Å². The maximum atomic E-state index is 12.6. The van der Waals surface area contributed by atoms with E-state index in [9.17, 15) is 9.18 Å². The molecule has 78 valence electrons. The monoisotopic (exact) mass is 205 g/mol. The molecule has 0 heterocycles. The zero-order chi connectivity index (χ0) is 10.7. The van der Waals surface area contributed by atoms with E-state index in [1.54, 1.807) is 18.2 Å². The molecular weight excluding hydrogens is 193 g/mol. The van der Waals surface area contributed by atoms with Crippen LogP contribution < -0.4 is 0 Å². The van der Waals surface area contributed by atoms with Gasteiger partial charge in [-0.3, -0.25) is 0 Å². The second-order valence-electron chi connectivity index (χ2n) is 4.05. The summed E-state index contributed by atoms with van der Waals surface area (Å²) in [5.41, 5.74) is 0.944. The fraction of sp³-hybridized carbons (Fsp3) is 0.417. The Morgan fingerprint density at radius 3 is 2.53 bits per heavy atom. The molecule has 0 amide bonds. The lowest BCUT2D eigenvalue weighted by Crippen LogP contribution is -2.05. The molecule has 1 aliphatic carbocycles. The minimum atomic E-state index is -0.217. The fourth-order valence-electron chi connectivity index (χ4n) is 1.69. The average molecular weight is 205 g/mol. The quantitative estimate of drug-likeness (QED) is 0.548. The van der Waals surface area contributed by atoms with Crippen LogP contribution in [0.1, 0.15) is 24.8 Å². The van der Waals surface area contributed by atoms with Gasteiger partial charge in [-0.05, 0) is 43.4 Å². The highest BCUT2D eigenvalue weighted by molar-refractivity contribution is 5.36. The molecule has 0 atom stereocenters. The van der Waals surface area contributed by atoms with E-state index in [-0.39, 0.29) is 11.4 Å². The lowest BCUT2D eigenvalue weighted by atomic mass is 10.0. The Bertz CT molecular complexity index is 389. The molecule has 0 spiro atoms. The van der Waals surface area contributed by atoms with E-state index in [0.29, 0.717) is 0 Å².